The summed E-state index contributed by atoms with van der Waals surface area (Å²) in [5, 5.41) is 4.66. The molecule has 4 N–H and O–H groups in total. The Hall–Kier alpha value is -2.24. The number of hydrogen-bond acceptors (Lipinski definition) is 3. The summed E-state index contributed by atoms with van der Waals surface area (Å²) in [4.78, 5) is 0. The number of hydrogen-bond donors (Lipinski definition) is 3. The molecule has 4 nitrogen and oxygen atoms in total. The number of rotatable bonds is 4. The maximum Gasteiger partial charge on any atom is 0.201 e. The van der Waals surface area contributed by atoms with Crippen LogP contribution in [0.15, 0.2) is 59.7 Å². The van der Waals surface area contributed by atoms with Crippen LogP contribution in [0.2, 0.25) is 0 Å². The molecule has 0 aliphatic carbocycles. The van der Waals surface area contributed by atoms with Crippen molar-refractivity contribution in [2.45, 2.75) is 13.3 Å². The van der Waals surface area contributed by atoms with E-state index >= 15 is 0 Å². The molecule has 0 saturated carbocycles. The third-order valence-electron chi connectivity index (χ3n) is 3.02. The molecule has 0 heterocycles. The van der Waals surface area contributed by atoms with Crippen LogP contribution in [-0.2, 0) is 6.42 Å². The Labute approximate surface area is 130 Å². The van der Waals surface area contributed by atoms with E-state index < -0.39 is 0 Å². The fourth-order valence-corrected chi connectivity index (χ4v) is 1.94. The Morgan fingerprint density at radius 3 is 2.38 bits per heavy atom. The summed E-state index contributed by atoms with van der Waals surface area (Å²) in [5.41, 5.74) is 9.46. The first kappa shape index (κ1) is 15.2. The lowest BCUT2D eigenvalue weighted by Crippen LogP contribution is -2.37. The number of nitrogens with zero attached hydrogens (tertiary/aromatic N) is 1. The summed E-state index contributed by atoms with van der Waals surface area (Å²) in [6.45, 7) is 2.06. The van der Waals surface area contributed by atoms with Crippen molar-refractivity contribution in [2.75, 3.05) is 0 Å². The van der Waals surface area contributed by atoms with Gasteiger partial charge >= 0.3 is 0 Å². The van der Waals surface area contributed by atoms with Gasteiger partial charge < -0.3 is 0 Å². The molecule has 0 spiro atoms. The van der Waals surface area contributed by atoms with Gasteiger partial charge in [0.05, 0.1) is 5.71 Å². The van der Waals surface area contributed by atoms with Crippen LogP contribution < -0.4 is 16.7 Å². The van der Waals surface area contributed by atoms with Gasteiger partial charge in [0.15, 0.2) is 0 Å². The largest absolute Gasteiger partial charge is 0.300 e. The summed E-state index contributed by atoms with van der Waals surface area (Å²) < 4.78 is 0. The van der Waals surface area contributed by atoms with Crippen molar-refractivity contribution in [3.05, 3.63) is 71.3 Å². The predicted molar refractivity (Wildman–Crippen MR) is 90.9 cm³/mol. The molecule has 0 amide bonds. The maximum atomic E-state index is 5.25. The van der Waals surface area contributed by atoms with Crippen molar-refractivity contribution < 1.29 is 0 Å². The van der Waals surface area contributed by atoms with Crippen LogP contribution in [0.3, 0.4) is 0 Å². The van der Waals surface area contributed by atoms with Gasteiger partial charge in [-0.25, -0.2) is 5.84 Å². The molecular formula is C16H18N4S. The van der Waals surface area contributed by atoms with Gasteiger partial charge in [0.1, 0.15) is 0 Å². The second kappa shape index (κ2) is 7.52. The molecule has 5 heteroatoms. The van der Waals surface area contributed by atoms with Crippen LogP contribution in [0.25, 0.3) is 0 Å². The van der Waals surface area contributed by atoms with Gasteiger partial charge in [-0.1, -0.05) is 60.2 Å². The van der Waals surface area contributed by atoms with Crippen molar-refractivity contribution in [3.8, 4) is 0 Å². The van der Waals surface area contributed by atoms with E-state index in [1.54, 1.807) is 0 Å². The lowest BCUT2D eigenvalue weighted by atomic mass is 10.0. The highest BCUT2D eigenvalue weighted by Gasteiger charge is 2.06. The molecule has 0 aromatic heterocycles. The molecule has 0 saturated heterocycles. The van der Waals surface area contributed by atoms with Crippen molar-refractivity contribution in [2.24, 2.45) is 10.9 Å². The van der Waals surface area contributed by atoms with Crippen LogP contribution in [0.4, 0.5) is 0 Å². The van der Waals surface area contributed by atoms with Crippen LogP contribution in [0.1, 0.15) is 16.7 Å². The van der Waals surface area contributed by atoms with Crippen LogP contribution >= 0.6 is 12.2 Å². The van der Waals surface area contributed by atoms with Crippen LogP contribution in [-0.4, -0.2) is 10.8 Å². The normalized spacial score (nSPS) is 11.0. The van der Waals surface area contributed by atoms with Crippen molar-refractivity contribution in [1.82, 2.24) is 10.9 Å². The van der Waals surface area contributed by atoms with Crippen molar-refractivity contribution in [3.63, 3.8) is 0 Å². The zero-order valence-electron chi connectivity index (χ0n) is 11.8. The summed E-state index contributed by atoms with van der Waals surface area (Å²) in [6.07, 6.45) is 0.712. The number of nitrogens with two attached hydrogens (primary N) is 1. The molecule has 108 valence electrons. The SMILES string of the molecule is Cc1ccc(C(Cc2ccccc2)=NNC(=S)NN)cc1. The van der Waals surface area contributed by atoms with E-state index in [0.29, 0.717) is 6.42 Å². The molecule has 0 aliphatic rings. The Morgan fingerprint density at radius 1 is 1.10 bits per heavy atom. The van der Waals surface area contributed by atoms with Gasteiger partial charge in [0.2, 0.25) is 5.11 Å². The van der Waals surface area contributed by atoms with E-state index in [0.717, 1.165) is 11.3 Å². The lowest BCUT2D eigenvalue weighted by Gasteiger charge is -2.09. The Balaban J connectivity index is 2.25. The average Bonchev–Trinajstić information content (AvgIpc) is 2.53. The average molecular weight is 298 g/mol. The summed E-state index contributed by atoms with van der Waals surface area (Å²) >= 11 is 4.95. The molecule has 0 fully saturated rings. The Morgan fingerprint density at radius 2 is 1.76 bits per heavy atom. The van der Waals surface area contributed by atoms with Crippen molar-refractivity contribution in [1.29, 1.82) is 0 Å². The molecule has 0 unspecified atom stereocenters. The van der Waals surface area contributed by atoms with Gasteiger partial charge in [0, 0.05) is 6.42 Å². The van der Waals surface area contributed by atoms with Gasteiger partial charge in [0.25, 0.3) is 0 Å². The zero-order valence-corrected chi connectivity index (χ0v) is 12.7. The summed E-state index contributed by atoms with van der Waals surface area (Å²) in [6, 6.07) is 18.4. The summed E-state index contributed by atoms with van der Waals surface area (Å²) in [7, 11) is 0. The first-order valence-corrected chi connectivity index (χ1v) is 7.04. The number of nitrogens with one attached hydrogen (secondary N) is 2. The van der Waals surface area contributed by atoms with Gasteiger partial charge in [-0.05, 0) is 30.3 Å². The van der Waals surface area contributed by atoms with Gasteiger partial charge in [-0.15, -0.1) is 0 Å². The molecule has 2 aromatic rings. The van der Waals surface area contributed by atoms with Gasteiger partial charge in [-0.3, -0.25) is 10.9 Å². The third-order valence-corrected chi connectivity index (χ3v) is 3.23. The Kier molecular flexibility index (Phi) is 5.43. The third kappa shape index (κ3) is 4.66. The van der Waals surface area contributed by atoms with Crippen LogP contribution in [0, 0.1) is 6.92 Å². The minimum Gasteiger partial charge on any atom is -0.300 e. The Bertz CT molecular complexity index is 620. The lowest BCUT2D eigenvalue weighted by molar-refractivity contribution is 0.922. The smallest absolute Gasteiger partial charge is 0.201 e. The molecule has 0 radical (unpaired) electrons. The van der Waals surface area contributed by atoms with Crippen LogP contribution in [0.5, 0.6) is 0 Å². The molecule has 0 bridgehead atoms. The van der Waals surface area contributed by atoms with Gasteiger partial charge in [-0.2, -0.15) is 5.10 Å². The maximum absolute atomic E-state index is 5.25. The van der Waals surface area contributed by atoms with E-state index in [1.165, 1.54) is 11.1 Å². The molecule has 2 aromatic carbocycles. The fraction of sp³-hybridized carbons (Fsp3) is 0.125. The quantitative estimate of drug-likeness (QED) is 0.351. The zero-order chi connectivity index (χ0) is 15.1. The van der Waals surface area contributed by atoms with E-state index in [9.17, 15) is 0 Å². The fourth-order valence-electron chi connectivity index (χ4n) is 1.89. The second-order valence-electron chi connectivity index (χ2n) is 4.67. The highest BCUT2D eigenvalue weighted by atomic mass is 32.1. The topological polar surface area (TPSA) is 62.4 Å². The predicted octanol–water partition coefficient (Wildman–Crippen LogP) is 2.28. The highest BCUT2D eigenvalue weighted by Crippen LogP contribution is 2.10. The number of hydrazine groups is 1. The minimum absolute atomic E-state index is 0.285. The highest BCUT2D eigenvalue weighted by molar-refractivity contribution is 7.80. The van der Waals surface area contributed by atoms with E-state index in [2.05, 4.69) is 59.3 Å². The molecular weight excluding hydrogens is 280 g/mol. The van der Waals surface area contributed by atoms with E-state index in [1.807, 2.05) is 18.2 Å². The first-order valence-electron chi connectivity index (χ1n) is 6.63. The van der Waals surface area contributed by atoms with Crippen molar-refractivity contribution >= 4 is 23.0 Å². The molecule has 2 rings (SSSR count). The number of aryl methyl sites for hydroxylation is 1. The molecule has 0 atom stereocenters. The standard InChI is InChI=1S/C16H18N4S/c1-12-7-9-14(10-8-12)15(19-20-16(21)18-17)11-13-5-3-2-4-6-13/h2-10H,11,17H2,1H3,(H2,18,20,21). The molecule has 0 aliphatic heterocycles. The number of benzene rings is 2. The summed E-state index contributed by atoms with van der Waals surface area (Å²) in [5.74, 6) is 5.25. The first-order chi connectivity index (χ1) is 10.2. The number of hydrazone groups is 1. The monoisotopic (exact) mass is 298 g/mol. The second-order valence-corrected chi connectivity index (χ2v) is 5.08. The molecule has 21 heavy (non-hydrogen) atoms. The van der Waals surface area contributed by atoms with E-state index in [4.69, 9.17) is 18.1 Å². The number of thiocarbonyl (C=S) groups is 1. The minimum atomic E-state index is 0.285. The van der Waals surface area contributed by atoms with E-state index in [-0.39, 0.29) is 5.11 Å².